The molecule has 2 fully saturated rings. The zero-order valence-electron chi connectivity index (χ0n) is 31.1. The summed E-state index contributed by atoms with van der Waals surface area (Å²) in [6, 6.07) is 20.7. The molecule has 0 radical (unpaired) electrons. The van der Waals surface area contributed by atoms with Crippen molar-refractivity contribution in [3.05, 3.63) is 83.1 Å². The lowest BCUT2D eigenvalue weighted by Gasteiger charge is -2.37. The van der Waals surface area contributed by atoms with Crippen LogP contribution in [0.1, 0.15) is 46.5 Å². The molecule has 2 saturated heterocycles. The maximum Gasteiger partial charge on any atom is 0.410 e. The van der Waals surface area contributed by atoms with Gasteiger partial charge in [-0.2, -0.15) is 0 Å². The third-order valence-corrected chi connectivity index (χ3v) is 11.0. The molecule has 288 valence electrons. The number of nitrogens with one attached hydrogen (secondary N) is 2. The van der Waals surface area contributed by atoms with Gasteiger partial charge >= 0.3 is 18.2 Å². The smallest absolute Gasteiger partial charge is 0.410 e. The van der Waals surface area contributed by atoms with E-state index in [2.05, 4.69) is 26.6 Å². The van der Waals surface area contributed by atoms with E-state index in [9.17, 15) is 27.2 Å². The molecular weight excluding hydrogens is 767 g/mol. The Morgan fingerprint density at radius 3 is 1.68 bits per heavy atom. The van der Waals surface area contributed by atoms with Crippen molar-refractivity contribution in [2.24, 2.45) is 0 Å². The predicted molar refractivity (Wildman–Crippen MR) is 210 cm³/mol. The van der Waals surface area contributed by atoms with Gasteiger partial charge in [-0.3, -0.25) is 0 Å². The van der Waals surface area contributed by atoms with Gasteiger partial charge in [0.2, 0.25) is 10.0 Å². The summed E-state index contributed by atoms with van der Waals surface area (Å²) < 4.78 is 44.9. The fourth-order valence-electron chi connectivity index (χ4n) is 6.04. The summed E-state index contributed by atoms with van der Waals surface area (Å²) in [5.74, 6) is -0.292. The summed E-state index contributed by atoms with van der Waals surface area (Å²) >= 11 is 3.37. The van der Waals surface area contributed by atoms with Gasteiger partial charge in [0.1, 0.15) is 11.4 Å². The first-order chi connectivity index (χ1) is 24.9. The number of likely N-dealkylation sites (tertiary alicyclic amines) is 1. The molecule has 5 rings (SSSR count). The number of carbonyl (C=O) groups is 3. The minimum absolute atomic E-state index is 0.0179. The fourth-order valence-corrected chi connectivity index (χ4v) is 7.18. The molecule has 2 aliphatic rings. The van der Waals surface area contributed by atoms with E-state index in [0.29, 0.717) is 50.3 Å². The van der Waals surface area contributed by atoms with Crippen LogP contribution in [0.15, 0.2) is 77.3 Å². The Hall–Kier alpha value is -4.21. The quantitative estimate of drug-likeness (QED) is 0.262. The molecule has 2 heterocycles. The monoisotopic (exact) mass is 816 g/mol. The molecule has 0 saturated carbocycles. The van der Waals surface area contributed by atoms with E-state index in [0.717, 1.165) is 28.6 Å². The molecule has 2 aliphatic heterocycles. The Morgan fingerprint density at radius 2 is 1.23 bits per heavy atom. The number of ether oxygens (including phenoxy) is 1. The molecule has 3 aromatic rings. The number of carbonyl (C=O) groups excluding carboxylic acids is 3. The lowest BCUT2D eigenvalue weighted by molar-refractivity contribution is 0.0174. The molecule has 0 aromatic heterocycles. The molecule has 12 nitrogen and oxygen atoms in total. The Bertz CT molecular complexity index is 1810. The molecular formula is C38H50BrFN6O6S. The standard InChI is InChI=1S/C20H24FN3O3S.C18H26BrN3O3/c1-23(17-11-13-24(14-12-17)28(2,26)27)20(25)22-16-9-7-15(8-10-16)18-5-3-4-6-19(18)21;1-18(2,3)25-17(24)22-11-9-15(10-12-22)21(4)16(23)20-14-7-5-13(19)6-8-14/h3-10,17H,11-14H2,1-2H3,(H,22,25);5-8,15H,9-12H2,1-4H3,(H,20,23). The second-order valence-electron chi connectivity index (χ2n) is 14.2. The van der Waals surface area contributed by atoms with E-state index >= 15 is 0 Å². The Balaban J connectivity index is 0.000000238. The molecule has 15 heteroatoms. The second-order valence-corrected chi connectivity index (χ2v) is 17.1. The maximum atomic E-state index is 13.9. The highest BCUT2D eigenvalue weighted by atomic mass is 79.9. The molecule has 3 aromatic carbocycles. The number of halogens is 2. The van der Waals surface area contributed by atoms with Gasteiger partial charge in [0.15, 0.2) is 0 Å². The molecule has 0 unspecified atom stereocenters. The average molecular weight is 818 g/mol. The van der Waals surface area contributed by atoms with Gasteiger partial charge in [0.05, 0.1) is 6.26 Å². The predicted octanol–water partition coefficient (Wildman–Crippen LogP) is 7.69. The molecule has 2 N–H and O–H groups in total. The fraction of sp³-hybridized carbons (Fsp3) is 0.447. The van der Waals surface area contributed by atoms with Crippen LogP contribution in [0.3, 0.4) is 0 Å². The van der Waals surface area contributed by atoms with Gasteiger partial charge in [-0.25, -0.2) is 31.5 Å². The number of nitrogens with zero attached hydrogens (tertiary/aromatic N) is 4. The van der Waals surface area contributed by atoms with Gasteiger partial charge < -0.3 is 30.1 Å². The Morgan fingerprint density at radius 1 is 0.774 bits per heavy atom. The summed E-state index contributed by atoms with van der Waals surface area (Å²) in [5.41, 5.74) is 2.12. The van der Waals surface area contributed by atoms with Crippen molar-refractivity contribution in [3.63, 3.8) is 0 Å². The highest BCUT2D eigenvalue weighted by molar-refractivity contribution is 9.10. The van der Waals surface area contributed by atoms with Crippen LogP contribution >= 0.6 is 15.9 Å². The zero-order chi connectivity index (χ0) is 38.9. The van der Waals surface area contributed by atoms with E-state index in [4.69, 9.17) is 4.74 Å². The lowest BCUT2D eigenvalue weighted by atomic mass is 10.0. The van der Waals surface area contributed by atoms with E-state index in [-0.39, 0.29) is 36.1 Å². The van der Waals surface area contributed by atoms with Crippen molar-refractivity contribution in [3.8, 4) is 11.1 Å². The summed E-state index contributed by atoms with van der Waals surface area (Å²) in [7, 11) is 0.319. The van der Waals surface area contributed by atoms with Crippen molar-refractivity contribution >= 4 is 55.5 Å². The number of urea groups is 2. The lowest BCUT2D eigenvalue weighted by Crippen LogP contribution is -2.49. The van der Waals surface area contributed by atoms with Crippen LogP contribution in [-0.4, -0.2) is 110 Å². The third-order valence-electron chi connectivity index (χ3n) is 9.16. The first kappa shape index (κ1) is 41.5. The van der Waals surface area contributed by atoms with Crippen molar-refractivity contribution in [2.75, 3.05) is 57.2 Å². The molecule has 0 aliphatic carbocycles. The number of sulfonamides is 1. The Kier molecular flexibility index (Phi) is 14.3. The van der Waals surface area contributed by atoms with Crippen molar-refractivity contribution in [1.82, 2.24) is 19.0 Å². The van der Waals surface area contributed by atoms with Crippen LogP contribution in [0.25, 0.3) is 11.1 Å². The van der Waals surface area contributed by atoms with E-state index in [1.165, 1.54) is 16.6 Å². The van der Waals surface area contributed by atoms with Crippen LogP contribution in [0.5, 0.6) is 0 Å². The highest BCUT2D eigenvalue weighted by Gasteiger charge is 2.31. The topological polar surface area (TPSA) is 132 Å². The van der Waals surface area contributed by atoms with E-state index < -0.39 is 15.6 Å². The normalized spacial score (nSPS) is 15.8. The van der Waals surface area contributed by atoms with Crippen LogP contribution in [0, 0.1) is 5.82 Å². The van der Waals surface area contributed by atoms with Crippen molar-refractivity contribution in [1.29, 1.82) is 0 Å². The summed E-state index contributed by atoms with van der Waals surface area (Å²) in [5, 5.41) is 5.73. The maximum absolute atomic E-state index is 13.9. The van der Waals surface area contributed by atoms with E-state index in [1.54, 1.807) is 71.3 Å². The molecule has 0 atom stereocenters. The largest absolute Gasteiger partial charge is 0.444 e. The van der Waals surface area contributed by atoms with Crippen molar-refractivity contribution in [2.45, 2.75) is 64.1 Å². The SMILES string of the molecule is CN(C(=O)Nc1ccc(-c2ccccc2F)cc1)C1CCN(S(C)(=O)=O)CC1.CN(C(=O)Nc1ccc(Br)cc1)C1CCN(C(=O)OC(C)(C)C)CC1. The van der Waals surface area contributed by atoms with Gasteiger partial charge in [-0.15, -0.1) is 0 Å². The van der Waals surface area contributed by atoms with Crippen LogP contribution in [-0.2, 0) is 14.8 Å². The minimum Gasteiger partial charge on any atom is -0.444 e. The number of hydrogen-bond acceptors (Lipinski definition) is 6. The number of anilines is 2. The van der Waals surface area contributed by atoms with Gasteiger partial charge in [-0.05, 0) is 94.5 Å². The van der Waals surface area contributed by atoms with Gasteiger partial charge in [-0.1, -0.05) is 46.3 Å². The Labute approximate surface area is 320 Å². The van der Waals surface area contributed by atoms with Gasteiger partial charge in [0, 0.05) is 73.8 Å². The molecule has 53 heavy (non-hydrogen) atoms. The van der Waals surface area contributed by atoms with E-state index in [1.807, 2.05) is 45.0 Å². The number of piperidine rings is 2. The highest BCUT2D eigenvalue weighted by Crippen LogP contribution is 2.25. The van der Waals surface area contributed by atoms with Crippen LogP contribution in [0.2, 0.25) is 0 Å². The number of benzene rings is 3. The first-order valence-corrected chi connectivity index (χ1v) is 20.2. The zero-order valence-corrected chi connectivity index (χ0v) is 33.5. The number of amides is 5. The summed E-state index contributed by atoms with van der Waals surface area (Å²) in [6.07, 6.45) is 3.60. The third kappa shape index (κ3) is 12.4. The first-order valence-electron chi connectivity index (χ1n) is 17.5. The second kappa shape index (κ2) is 18.2. The number of rotatable bonds is 6. The van der Waals surface area contributed by atoms with Crippen molar-refractivity contribution < 1.29 is 31.9 Å². The number of hydrogen-bond donors (Lipinski definition) is 2. The summed E-state index contributed by atoms with van der Waals surface area (Å²) in [6.45, 7) is 7.59. The minimum atomic E-state index is -3.19. The van der Waals surface area contributed by atoms with Crippen LogP contribution in [0.4, 0.5) is 30.1 Å². The average Bonchev–Trinajstić information content (AvgIpc) is 3.12. The molecule has 0 spiro atoms. The molecule has 5 amide bonds. The molecule has 0 bridgehead atoms. The van der Waals surface area contributed by atoms with Gasteiger partial charge in [0.25, 0.3) is 0 Å². The summed E-state index contributed by atoms with van der Waals surface area (Å²) in [4.78, 5) is 42.1. The van der Waals surface area contributed by atoms with Crippen LogP contribution < -0.4 is 10.6 Å².